The van der Waals surface area contributed by atoms with Crippen LogP contribution in [0, 0.1) is 0 Å². The van der Waals surface area contributed by atoms with Gasteiger partial charge in [0.25, 0.3) is 0 Å². The Hall–Kier alpha value is -1.99. The van der Waals surface area contributed by atoms with Crippen LogP contribution in [0.1, 0.15) is 12.5 Å². The largest absolute Gasteiger partial charge is 0.454 e. The van der Waals surface area contributed by atoms with Crippen LogP contribution in [0.15, 0.2) is 18.2 Å². The van der Waals surface area contributed by atoms with E-state index in [9.17, 15) is 4.79 Å². The Morgan fingerprint density at radius 3 is 2.15 bits per heavy atom. The van der Waals surface area contributed by atoms with Gasteiger partial charge in [-0.15, -0.1) is 0 Å². The molecule has 2 amide bonds. The van der Waals surface area contributed by atoms with E-state index in [0.717, 1.165) is 76.9 Å². The number of ether oxygens (including phenoxy) is 2. The van der Waals surface area contributed by atoms with Gasteiger partial charge in [0.1, 0.15) is 0 Å². The molecule has 3 aliphatic rings. The second-order valence-corrected chi connectivity index (χ2v) is 7.15. The van der Waals surface area contributed by atoms with Crippen LogP contribution in [0.25, 0.3) is 0 Å². The van der Waals surface area contributed by atoms with Crippen molar-refractivity contribution in [3.05, 3.63) is 23.8 Å². The van der Waals surface area contributed by atoms with Crippen LogP contribution in [-0.2, 0) is 6.54 Å². The topological polar surface area (TPSA) is 48.5 Å². The fourth-order valence-electron chi connectivity index (χ4n) is 3.85. The van der Waals surface area contributed by atoms with Crippen molar-refractivity contribution in [1.82, 2.24) is 19.6 Å². The zero-order valence-corrected chi connectivity index (χ0v) is 15.5. The van der Waals surface area contributed by atoms with Crippen LogP contribution in [0.2, 0.25) is 0 Å². The number of rotatable bonds is 3. The predicted molar refractivity (Wildman–Crippen MR) is 98.5 cm³/mol. The van der Waals surface area contributed by atoms with Gasteiger partial charge in [0.05, 0.1) is 0 Å². The lowest BCUT2D eigenvalue weighted by atomic mass is 10.1. The molecule has 0 atom stereocenters. The number of piperazine rings is 2. The number of amides is 2. The first-order valence-corrected chi connectivity index (χ1v) is 9.60. The van der Waals surface area contributed by atoms with Gasteiger partial charge < -0.3 is 24.2 Å². The third-order valence-corrected chi connectivity index (χ3v) is 5.58. The number of fused-ring (bicyclic) bond motifs is 1. The Labute approximate surface area is 155 Å². The summed E-state index contributed by atoms with van der Waals surface area (Å²) in [5, 5.41) is 0. The molecular formula is C19H28N4O3. The molecule has 2 saturated heterocycles. The molecule has 0 bridgehead atoms. The number of nitrogens with zero attached hydrogens (tertiary/aromatic N) is 4. The number of carbonyl (C=O) groups is 1. The average molecular weight is 360 g/mol. The summed E-state index contributed by atoms with van der Waals surface area (Å²) in [5.41, 5.74) is 1.23. The molecule has 0 aliphatic carbocycles. The van der Waals surface area contributed by atoms with Crippen LogP contribution in [0.4, 0.5) is 4.79 Å². The van der Waals surface area contributed by atoms with Gasteiger partial charge >= 0.3 is 6.03 Å². The highest BCUT2D eigenvalue weighted by Gasteiger charge is 2.27. The Morgan fingerprint density at radius 1 is 0.885 bits per heavy atom. The minimum Gasteiger partial charge on any atom is -0.454 e. The van der Waals surface area contributed by atoms with E-state index in [1.54, 1.807) is 0 Å². The molecule has 7 heteroatoms. The lowest BCUT2D eigenvalue weighted by molar-refractivity contribution is 0.0898. The minimum absolute atomic E-state index is 0.212. The first kappa shape index (κ1) is 17.4. The second kappa shape index (κ2) is 7.72. The number of hydrogen-bond donors (Lipinski definition) is 0. The summed E-state index contributed by atoms with van der Waals surface area (Å²) in [7, 11) is 0. The summed E-state index contributed by atoms with van der Waals surface area (Å²) in [5.74, 6) is 1.66. The smallest absolute Gasteiger partial charge is 0.320 e. The summed E-state index contributed by atoms with van der Waals surface area (Å²) >= 11 is 0. The zero-order chi connectivity index (χ0) is 17.9. The molecule has 0 aromatic heterocycles. The summed E-state index contributed by atoms with van der Waals surface area (Å²) < 4.78 is 10.8. The number of carbonyl (C=O) groups excluding carboxylic acids is 1. The Morgan fingerprint density at radius 2 is 1.50 bits per heavy atom. The summed E-state index contributed by atoms with van der Waals surface area (Å²) in [6.07, 6.45) is 0. The van der Waals surface area contributed by atoms with E-state index < -0.39 is 0 Å². The van der Waals surface area contributed by atoms with Crippen molar-refractivity contribution in [3.63, 3.8) is 0 Å². The van der Waals surface area contributed by atoms with Gasteiger partial charge in [-0.05, 0) is 24.2 Å². The van der Waals surface area contributed by atoms with Crippen molar-refractivity contribution in [3.8, 4) is 11.5 Å². The number of likely N-dealkylation sites (N-methyl/N-ethyl adjacent to an activating group) is 1. The summed E-state index contributed by atoms with van der Waals surface area (Å²) in [4.78, 5) is 21.5. The molecule has 1 aromatic rings. The quantitative estimate of drug-likeness (QED) is 0.813. The fourth-order valence-corrected chi connectivity index (χ4v) is 3.85. The normalized spacial score (nSPS) is 21.3. The summed E-state index contributed by atoms with van der Waals surface area (Å²) in [6.45, 7) is 11.6. The molecule has 0 radical (unpaired) electrons. The van der Waals surface area contributed by atoms with Crippen molar-refractivity contribution in [2.24, 2.45) is 0 Å². The molecule has 2 fully saturated rings. The van der Waals surface area contributed by atoms with Crippen LogP contribution in [0.3, 0.4) is 0 Å². The molecule has 3 aliphatic heterocycles. The molecule has 142 valence electrons. The van der Waals surface area contributed by atoms with Crippen molar-refractivity contribution in [1.29, 1.82) is 0 Å². The molecule has 0 unspecified atom stereocenters. The van der Waals surface area contributed by atoms with E-state index in [1.807, 2.05) is 15.9 Å². The van der Waals surface area contributed by atoms with E-state index in [1.165, 1.54) is 5.56 Å². The molecule has 26 heavy (non-hydrogen) atoms. The van der Waals surface area contributed by atoms with Crippen LogP contribution >= 0.6 is 0 Å². The predicted octanol–water partition coefficient (Wildman–Crippen LogP) is 1.29. The Kier molecular flexibility index (Phi) is 5.17. The highest BCUT2D eigenvalue weighted by Crippen LogP contribution is 2.32. The third-order valence-electron chi connectivity index (χ3n) is 5.58. The van der Waals surface area contributed by atoms with E-state index in [4.69, 9.17) is 9.47 Å². The number of hydrogen-bond acceptors (Lipinski definition) is 5. The molecule has 0 N–H and O–H groups in total. The lowest BCUT2D eigenvalue weighted by Gasteiger charge is -2.40. The summed E-state index contributed by atoms with van der Waals surface area (Å²) in [6, 6.07) is 6.35. The lowest BCUT2D eigenvalue weighted by Crippen LogP contribution is -2.56. The van der Waals surface area contributed by atoms with Crippen molar-refractivity contribution >= 4 is 6.03 Å². The maximum absolute atomic E-state index is 12.7. The molecule has 7 nitrogen and oxygen atoms in total. The van der Waals surface area contributed by atoms with Gasteiger partial charge in [-0.25, -0.2) is 4.79 Å². The first-order valence-electron chi connectivity index (χ1n) is 9.60. The minimum atomic E-state index is 0.212. The molecule has 3 heterocycles. The Bertz CT molecular complexity index is 638. The highest BCUT2D eigenvalue weighted by atomic mass is 16.7. The van der Waals surface area contributed by atoms with E-state index in [-0.39, 0.29) is 6.03 Å². The standard InChI is InChI=1S/C19H28N4O3/c1-2-20-5-9-22(10-6-20)19(24)23-11-7-21(8-12-23)14-16-3-4-17-18(13-16)26-15-25-17/h3-4,13H,2,5-12,14-15H2,1H3. The third kappa shape index (κ3) is 3.73. The highest BCUT2D eigenvalue weighted by molar-refractivity contribution is 5.74. The van der Waals surface area contributed by atoms with E-state index >= 15 is 0 Å². The molecule has 4 rings (SSSR count). The second-order valence-electron chi connectivity index (χ2n) is 7.15. The maximum atomic E-state index is 12.7. The monoisotopic (exact) mass is 360 g/mol. The van der Waals surface area contributed by atoms with Crippen LogP contribution < -0.4 is 9.47 Å². The zero-order valence-electron chi connectivity index (χ0n) is 15.5. The maximum Gasteiger partial charge on any atom is 0.320 e. The molecule has 0 spiro atoms. The SMILES string of the molecule is CCN1CCN(C(=O)N2CCN(Cc3ccc4c(c3)OCO4)CC2)CC1. The van der Waals surface area contributed by atoms with Crippen molar-refractivity contribution < 1.29 is 14.3 Å². The van der Waals surface area contributed by atoms with Crippen molar-refractivity contribution in [2.45, 2.75) is 13.5 Å². The van der Waals surface area contributed by atoms with Crippen LogP contribution in [-0.4, -0.2) is 91.3 Å². The van der Waals surface area contributed by atoms with Gasteiger partial charge in [0, 0.05) is 58.9 Å². The number of urea groups is 1. The van der Waals surface area contributed by atoms with Crippen molar-refractivity contribution in [2.75, 3.05) is 65.7 Å². The van der Waals surface area contributed by atoms with Gasteiger partial charge in [0.15, 0.2) is 11.5 Å². The van der Waals surface area contributed by atoms with Gasteiger partial charge in [0.2, 0.25) is 6.79 Å². The molecular weight excluding hydrogens is 332 g/mol. The Balaban J connectivity index is 1.25. The molecule has 0 saturated carbocycles. The van der Waals surface area contributed by atoms with Gasteiger partial charge in [-0.1, -0.05) is 13.0 Å². The van der Waals surface area contributed by atoms with Crippen LogP contribution in [0.5, 0.6) is 11.5 Å². The fraction of sp³-hybridized carbons (Fsp3) is 0.632. The van der Waals surface area contributed by atoms with E-state index in [2.05, 4.69) is 28.9 Å². The number of benzene rings is 1. The van der Waals surface area contributed by atoms with Gasteiger partial charge in [-0.3, -0.25) is 4.90 Å². The van der Waals surface area contributed by atoms with E-state index in [0.29, 0.717) is 6.79 Å². The molecule has 1 aromatic carbocycles. The van der Waals surface area contributed by atoms with Gasteiger partial charge in [-0.2, -0.15) is 0 Å². The first-order chi connectivity index (χ1) is 12.7. The average Bonchev–Trinajstić information content (AvgIpc) is 3.16.